The SMILES string of the molecule is Nc1ccc(-c2ccc3c(c2)c(-c2ccccc2)c(-c2nc(-c4ccccc4)nc(-c4ccccc4)n2)c2ccccc23)cn1. The summed E-state index contributed by atoms with van der Waals surface area (Å²) in [4.78, 5) is 19.7. The topological polar surface area (TPSA) is 77.6 Å². The molecule has 5 nitrogen and oxygen atoms in total. The maximum Gasteiger partial charge on any atom is 0.165 e. The zero-order valence-corrected chi connectivity index (χ0v) is 24.3. The van der Waals surface area contributed by atoms with Crippen LogP contribution in [-0.4, -0.2) is 19.9 Å². The van der Waals surface area contributed by atoms with Gasteiger partial charge in [-0.1, -0.05) is 127 Å². The molecule has 2 heterocycles. The van der Waals surface area contributed by atoms with Crippen molar-refractivity contribution < 1.29 is 0 Å². The third-order valence-electron chi connectivity index (χ3n) is 8.13. The fourth-order valence-electron chi connectivity index (χ4n) is 6.00. The van der Waals surface area contributed by atoms with E-state index in [0.29, 0.717) is 23.3 Å². The van der Waals surface area contributed by atoms with Gasteiger partial charge < -0.3 is 5.73 Å². The summed E-state index contributed by atoms with van der Waals surface area (Å²) in [6.45, 7) is 0. The molecule has 0 saturated heterocycles. The van der Waals surface area contributed by atoms with E-state index < -0.39 is 0 Å². The van der Waals surface area contributed by atoms with E-state index in [1.54, 1.807) is 0 Å². The van der Waals surface area contributed by atoms with E-state index in [0.717, 1.165) is 60.5 Å². The Kier molecular flexibility index (Phi) is 6.54. The molecule has 0 aliphatic heterocycles. The first kappa shape index (κ1) is 26.4. The predicted molar refractivity (Wildman–Crippen MR) is 184 cm³/mol. The monoisotopic (exact) mass is 577 g/mol. The van der Waals surface area contributed by atoms with E-state index in [-0.39, 0.29) is 0 Å². The zero-order chi connectivity index (χ0) is 30.2. The molecule has 0 bridgehead atoms. The minimum atomic E-state index is 0.496. The Hall–Kier alpha value is -6.20. The van der Waals surface area contributed by atoms with Crippen LogP contribution in [0, 0.1) is 0 Å². The Bertz CT molecular complexity index is 2240. The second kappa shape index (κ2) is 11.1. The number of nitrogens with two attached hydrogens (primary N) is 1. The summed E-state index contributed by atoms with van der Waals surface area (Å²) in [5.74, 6) is 2.38. The third kappa shape index (κ3) is 4.86. The van der Waals surface area contributed by atoms with Crippen molar-refractivity contribution in [3.8, 4) is 56.4 Å². The van der Waals surface area contributed by atoms with Crippen LogP contribution in [0.25, 0.3) is 78.0 Å². The average Bonchev–Trinajstić information content (AvgIpc) is 3.12. The number of pyridine rings is 1. The van der Waals surface area contributed by atoms with Gasteiger partial charge in [-0.05, 0) is 50.9 Å². The second-order valence-corrected chi connectivity index (χ2v) is 10.9. The molecule has 0 spiro atoms. The molecule has 8 rings (SSSR count). The van der Waals surface area contributed by atoms with Crippen LogP contribution in [-0.2, 0) is 0 Å². The molecule has 0 aliphatic carbocycles. The molecule has 2 aromatic heterocycles. The fraction of sp³-hybridized carbons (Fsp3) is 0. The van der Waals surface area contributed by atoms with Crippen molar-refractivity contribution in [1.82, 2.24) is 19.9 Å². The first-order valence-corrected chi connectivity index (χ1v) is 14.9. The molecule has 212 valence electrons. The number of anilines is 1. The molecule has 2 N–H and O–H groups in total. The Morgan fingerprint density at radius 3 is 1.47 bits per heavy atom. The standard InChI is InChI=1S/C40H27N5/c41-35-23-21-30(25-42-35)29-20-22-32-31-18-10-11-19-33(31)37(36(34(32)24-29)26-12-4-1-5-13-26)40-44-38(27-14-6-2-7-15-27)43-39(45-40)28-16-8-3-9-17-28/h1-25H,(H2,41,42). The maximum atomic E-state index is 5.92. The number of aromatic nitrogens is 4. The summed E-state index contributed by atoms with van der Waals surface area (Å²) in [6, 6.07) is 49.7. The van der Waals surface area contributed by atoms with E-state index in [4.69, 9.17) is 20.7 Å². The molecule has 0 fully saturated rings. The molecule has 5 heteroatoms. The van der Waals surface area contributed by atoms with Gasteiger partial charge in [0.15, 0.2) is 17.5 Å². The van der Waals surface area contributed by atoms with Gasteiger partial charge in [0, 0.05) is 34.0 Å². The maximum absolute atomic E-state index is 5.92. The van der Waals surface area contributed by atoms with Crippen LogP contribution in [0.2, 0.25) is 0 Å². The van der Waals surface area contributed by atoms with Gasteiger partial charge in [-0.2, -0.15) is 0 Å². The van der Waals surface area contributed by atoms with Crippen molar-refractivity contribution in [3.05, 3.63) is 152 Å². The first-order valence-electron chi connectivity index (χ1n) is 14.9. The quantitative estimate of drug-likeness (QED) is 0.206. The van der Waals surface area contributed by atoms with Crippen LogP contribution in [0.5, 0.6) is 0 Å². The van der Waals surface area contributed by atoms with Crippen LogP contribution < -0.4 is 5.73 Å². The molecule has 8 aromatic rings. The molecule has 0 saturated carbocycles. The van der Waals surface area contributed by atoms with E-state index in [1.807, 2.05) is 85.1 Å². The lowest BCUT2D eigenvalue weighted by atomic mass is 9.86. The van der Waals surface area contributed by atoms with Gasteiger partial charge in [0.25, 0.3) is 0 Å². The third-order valence-corrected chi connectivity index (χ3v) is 8.13. The zero-order valence-electron chi connectivity index (χ0n) is 24.3. The molecule has 45 heavy (non-hydrogen) atoms. The molecule has 0 atom stereocenters. The van der Waals surface area contributed by atoms with Gasteiger partial charge in [0.2, 0.25) is 0 Å². The van der Waals surface area contributed by atoms with Crippen LogP contribution in [0.1, 0.15) is 0 Å². The molecular formula is C40H27N5. The van der Waals surface area contributed by atoms with E-state index in [9.17, 15) is 0 Å². The minimum absolute atomic E-state index is 0.496. The van der Waals surface area contributed by atoms with Gasteiger partial charge in [0.1, 0.15) is 5.82 Å². The average molecular weight is 578 g/mol. The Morgan fingerprint density at radius 1 is 0.356 bits per heavy atom. The van der Waals surface area contributed by atoms with Crippen molar-refractivity contribution in [3.63, 3.8) is 0 Å². The van der Waals surface area contributed by atoms with Crippen molar-refractivity contribution in [2.24, 2.45) is 0 Å². The highest BCUT2D eigenvalue weighted by molar-refractivity contribution is 6.21. The highest BCUT2D eigenvalue weighted by Crippen LogP contribution is 2.45. The summed E-state index contributed by atoms with van der Waals surface area (Å²) >= 11 is 0. The Morgan fingerprint density at radius 2 is 0.867 bits per heavy atom. The summed E-state index contributed by atoms with van der Waals surface area (Å²) in [5.41, 5.74) is 13.0. The number of fused-ring (bicyclic) bond motifs is 3. The number of nitrogens with zero attached hydrogens (tertiary/aromatic N) is 4. The number of nitrogen functional groups attached to an aromatic ring is 1. The van der Waals surface area contributed by atoms with E-state index >= 15 is 0 Å². The molecule has 0 unspecified atom stereocenters. The Labute approximate surface area is 260 Å². The molecule has 6 aromatic carbocycles. The van der Waals surface area contributed by atoms with Crippen molar-refractivity contribution in [2.45, 2.75) is 0 Å². The summed E-state index contributed by atoms with van der Waals surface area (Å²) < 4.78 is 0. The van der Waals surface area contributed by atoms with Crippen LogP contribution >= 0.6 is 0 Å². The molecule has 0 aliphatic rings. The van der Waals surface area contributed by atoms with Crippen molar-refractivity contribution >= 4 is 27.4 Å². The molecule has 0 amide bonds. The predicted octanol–water partition coefficient (Wildman–Crippen LogP) is 9.49. The van der Waals surface area contributed by atoms with Crippen molar-refractivity contribution in [1.29, 1.82) is 0 Å². The normalized spacial score (nSPS) is 11.2. The van der Waals surface area contributed by atoms with Crippen LogP contribution in [0.3, 0.4) is 0 Å². The molecule has 0 radical (unpaired) electrons. The number of rotatable bonds is 5. The van der Waals surface area contributed by atoms with E-state index in [1.165, 1.54) is 0 Å². The lowest BCUT2D eigenvalue weighted by Gasteiger charge is -2.19. The summed E-state index contributed by atoms with van der Waals surface area (Å²) in [5, 5.41) is 4.47. The smallest absolute Gasteiger partial charge is 0.165 e. The first-order chi connectivity index (χ1) is 22.2. The largest absolute Gasteiger partial charge is 0.384 e. The number of hydrogen-bond donors (Lipinski definition) is 1. The van der Waals surface area contributed by atoms with Gasteiger partial charge in [-0.25, -0.2) is 19.9 Å². The van der Waals surface area contributed by atoms with E-state index in [2.05, 4.69) is 71.7 Å². The highest BCUT2D eigenvalue weighted by atomic mass is 15.0. The number of benzene rings is 6. The lowest BCUT2D eigenvalue weighted by Crippen LogP contribution is -2.02. The molecular weight excluding hydrogens is 550 g/mol. The fourth-order valence-corrected chi connectivity index (χ4v) is 6.00. The van der Waals surface area contributed by atoms with Gasteiger partial charge in [0.05, 0.1) is 0 Å². The summed E-state index contributed by atoms with van der Waals surface area (Å²) in [6.07, 6.45) is 1.82. The Balaban J connectivity index is 1.51. The van der Waals surface area contributed by atoms with Gasteiger partial charge >= 0.3 is 0 Å². The van der Waals surface area contributed by atoms with Crippen molar-refractivity contribution in [2.75, 3.05) is 5.73 Å². The van der Waals surface area contributed by atoms with Gasteiger partial charge in [-0.3, -0.25) is 0 Å². The highest BCUT2D eigenvalue weighted by Gasteiger charge is 2.22. The second-order valence-electron chi connectivity index (χ2n) is 10.9. The van der Waals surface area contributed by atoms with Crippen LogP contribution in [0.4, 0.5) is 5.82 Å². The number of hydrogen-bond acceptors (Lipinski definition) is 5. The lowest BCUT2D eigenvalue weighted by molar-refractivity contribution is 1.08. The van der Waals surface area contributed by atoms with Gasteiger partial charge in [-0.15, -0.1) is 0 Å². The minimum Gasteiger partial charge on any atom is -0.384 e. The van der Waals surface area contributed by atoms with Crippen LogP contribution in [0.15, 0.2) is 152 Å². The summed E-state index contributed by atoms with van der Waals surface area (Å²) in [7, 11) is 0.